The average molecular weight is 471 g/mol. The molecule has 1 heterocycles. The summed E-state index contributed by atoms with van der Waals surface area (Å²) in [6, 6.07) is 9.40. The molecule has 0 saturated heterocycles. The van der Waals surface area contributed by atoms with Crippen LogP contribution in [0.5, 0.6) is 11.5 Å². The number of carbonyl (C=O) groups excluding carboxylic acids is 2. The molecule has 172 valence electrons. The predicted molar refractivity (Wildman–Crippen MR) is 125 cm³/mol. The lowest BCUT2D eigenvalue weighted by Gasteiger charge is -2.11. The van der Waals surface area contributed by atoms with Crippen molar-refractivity contribution in [2.75, 3.05) is 26.1 Å². The highest BCUT2D eigenvalue weighted by molar-refractivity contribution is 7.15. The number of hydrogen-bond donors (Lipinski definition) is 1. The minimum atomic E-state index is -0.603. The van der Waals surface area contributed by atoms with E-state index in [-0.39, 0.29) is 28.4 Å². The van der Waals surface area contributed by atoms with E-state index in [2.05, 4.69) is 5.32 Å². The second-order valence-corrected chi connectivity index (χ2v) is 7.74. The SMILES string of the molecule is CCOC(=O)c1c(-c2ccc(OC)c(OC)c2)csc1NC(=O)c1ccc(C)c([N+](=O)[O-])c1. The van der Waals surface area contributed by atoms with Gasteiger partial charge in [-0.05, 0) is 37.6 Å². The molecule has 0 bridgehead atoms. The van der Waals surface area contributed by atoms with Crippen LogP contribution in [0, 0.1) is 17.0 Å². The number of nitro benzene ring substituents is 1. The van der Waals surface area contributed by atoms with Crippen LogP contribution in [0.2, 0.25) is 0 Å². The lowest BCUT2D eigenvalue weighted by atomic mass is 10.0. The van der Waals surface area contributed by atoms with Gasteiger partial charge in [-0.2, -0.15) is 0 Å². The molecule has 0 fully saturated rings. The summed E-state index contributed by atoms with van der Waals surface area (Å²) >= 11 is 1.15. The minimum absolute atomic E-state index is 0.100. The number of carbonyl (C=O) groups is 2. The zero-order chi connectivity index (χ0) is 24.1. The van der Waals surface area contributed by atoms with Crippen LogP contribution in [0.4, 0.5) is 10.7 Å². The fourth-order valence-corrected chi connectivity index (χ4v) is 4.15. The predicted octanol–water partition coefficient (Wildman–Crippen LogP) is 5.08. The summed E-state index contributed by atoms with van der Waals surface area (Å²) in [6.45, 7) is 3.43. The van der Waals surface area contributed by atoms with E-state index in [0.717, 1.165) is 11.3 Å². The third-order valence-electron chi connectivity index (χ3n) is 4.86. The Morgan fingerprint density at radius 3 is 2.45 bits per heavy atom. The van der Waals surface area contributed by atoms with E-state index in [4.69, 9.17) is 14.2 Å². The quantitative estimate of drug-likeness (QED) is 0.277. The van der Waals surface area contributed by atoms with Crippen molar-refractivity contribution in [2.45, 2.75) is 13.8 Å². The van der Waals surface area contributed by atoms with Crippen molar-refractivity contribution < 1.29 is 28.7 Å². The molecular weight excluding hydrogens is 448 g/mol. The van der Waals surface area contributed by atoms with Crippen molar-refractivity contribution in [2.24, 2.45) is 0 Å². The third kappa shape index (κ3) is 4.96. The molecular formula is C23H22N2O7S. The molecule has 0 aliphatic heterocycles. The molecule has 0 aliphatic rings. The van der Waals surface area contributed by atoms with Crippen molar-refractivity contribution in [1.29, 1.82) is 0 Å². The van der Waals surface area contributed by atoms with E-state index in [1.165, 1.54) is 32.4 Å². The van der Waals surface area contributed by atoms with Crippen LogP contribution in [0.25, 0.3) is 11.1 Å². The van der Waals surface area contributed by atoms with E-state index in [0.29, 0.717) is 28.2 Å². The van der Waals surface area contributed by atoms with Gasteiger partial charge in [-0.1, -0.05) is 12.1 Å². The molecule has 3 aromatic rings. The number of benzene rings is 2. The molecule has 10 heteroatoms. The first kappa shape index (κ1) is 23.7. The number of nitrogens with zero attached hydrogens (tertiary/aromatic N) is 1. The zero-order valence-electron chi connectivity index (χ0n) is 18.5. The minimum Gasteiger partial charge on any atom is -0.493 e. The van der Waals surface area contributed by atoms with Gasteiger partial charge in [0.2, 0.25) is 0 Å². The summed E-state index contributed by atoms with van der Waals surface area (Å²) in [5.41, 5.74) is 1.77. The number of amides is 1. The molecule has 0 spiro atoms. The number of anilines is 1. The van der Waals surface area contributed by atoms with Crippen molar-refractivity contribution in [1.82, 2.24) is 0 Å². The molecule has 3 rings (SSSR count). The molecule has 2 aromatic carbocycles. The Hall–Kier alpha value is -3.92. The molecule has 9 nitrogen and oxygen atoms in total. The Kier molecular flexibility index (Phi) is 7.29. The summed E-state index contributed by atoms with van der Waals surface area (Å²) in [5, 5.41) is 15.9. The lowest BCUT2D eigenvalue weighted by molar-refractivity contribution is -0.385. The van der Waals surface area contributed by atoms with E-state index in [1.807, 2.05) is 0 Å². The first-order valence-electron chi connectivity index (χ1n) is 9.88. The summed E-state index contributed by atoms with van der Waals surface area (Å²) < 4.78 is 15.8. The van der Waals surface area contributed by atoms with Gasteiger partial charge in [0.05, 0.1) is 25.7 Å². The lowest BCUT2D eigenvalue weighted by Crippen LogP contribution is -2.15. The fraction of sp³-hybridized carbons (Fsp3) is 0.217. The number of hydrogen-bond acceptors (Lipinski definition) is 8. The highest BCUT2D eigenvalue weighted by Crippen LogP contribution is 2.40. The van der Waals surface area contributed by atoms with Crippen molar-refractivity contribution in [3.05, 3.63) is 68.6 Å². The molecule has 0 saturated carbocycles. The molecule has 33 heavy (non-hydrogen) atoms. The zero-order valence-corrected chi connectivity index (χ0v) is 19.3. The fourth-order valence-electron chi connectivity index (χ4n) is 3.19. The van der Waals surface area contributed by atoms with Gasteiger partial charge >= 0.3 is 5.97 Å². The molecule has 1 N–H and O–H groups in total. The molecule has 1 amide bonds. The van der Waals surface area contributed by atoms with Crippen molar-refractivity contribution in [3.8, 4) is 22.6 Å². The van der Waals surface area contributed by atoms with Gasteiger partial charge < -0.3 is 19.5 Å². The number of esters is 1. The monoisotopic (exact) mass is 470 g/mol. The Bertz CT molecular complexity index is 1220. The van der Waals surface area contributed by atoms with Crippen LogP contribution in [-0.2, 0) is 4.74 Å². The van der Waals surface area contributed by atoms with Crippen molar-refractivity contribution in [3.63, 3.8) is 0 Å². The van der Waals surface area contributed by atoms with E-state index >= 15 is 0 Å². The smallest absolute Gasteiger partial charge is 0.341 e. The highest BCUT2D eigenvalue weighted by atomic mass is 32.1. The van der Waals surface area contributed by atoms with Gasteiger partial charge in [-0.25, -0.2) is 4.79 Å². The number of aryl methyl sites for hydroxylation is 1. The van der Waals surface area contributed by atoms with E-state index < -0.39 is 16.8 Å². The third-order valence-corrected chi connectivity index (χ3v) is 5.76. The number of methoxy groups -OCH3 is 2. The van der Waals surface area contributed by atoms with Gasteiger partial charge in [0.15, 0.2) is 11.5 Å². The van der Waals surface area contributed by atoms with Crippen LogP contribution in [0.15, 0.2) is 41.8 Å². The van der Waals surface area contributed by atoms with Crippen LogP contribution >= 0.6 is 11.3 Å². The van der Waals surface area contributed by atoms with E-state index in [1.54, 1.807) is 37.4 Å². The maximum absolute atomic E-state index is 12.8. The molecule has 0 atom stereocenters. The van der Waals surface area contributed by atoms with Crippen LogP contribution in [-0.4, -0.2) is 37.6 Å². The van der Waals surface area contributed by atoms with Gasteiger partial charge in [0.1, 0.15) is 10.6 Å². The Labute approximate surface area is 194 Å². The number of thiophene rings is 1. The topological polar surface area (TPSA) is 117 Å². The van der Waals surface area contributed by atoms with Crippen LogP contribution < -0.4 is 14.8 Å². The first-order valence-corrected chi connectivity index (χ1v) is 10.8. The summed E-state index contributed by atoms with van der Waals surface area (Å²) in [7, 11) is 3.03. The Morgan fingerprint density at radius 1 is 1.09 bits per heavy atom. The molecule has 1 aromatic heterocycles. The second kappa shape index (κ2) is 10.1. The standard InChI is InChI=1S/C23H22N2O7S/c1-5-32-23(27)20-16(14-8-9-18(30-3)19(11-14)31-4)12-33-22(20)24-21(26)15-7-6-13(2)17(10-15)25(28)29/h6-12H,5H2,1-4H3,(H,24,26). The van der Waals surface area contributed by atoms with Gasteiger partial charge in [-0.15, -0.1) is 11.3 Å². The summed E-state index contributed by atoms with van der Waals surface area (Å²) in [4.78, 5) is 36.3. The number of rotatable bonds is 8. The van der Waals surface area contributed by atoms with Crippen LogP contribution in [0.3, 0.4) is 0 Å². The summed E-state index contributed by atoms with van der Waals surface area (Å²) in [5.74, 6) is -0.171. The Balaban J connectivity index is 2.02. The number of nitro groups is 1. The average Bonchev–Trinajstić information content (AvgIpc) is 3.22. The maximum Gasteiger partial charge on any atom is 0.341 e. The maximum atomic E-state index is 12.8. The molecule has 0 unspecified atom stereocenters. The van der Waals surface area contributed by atoms with Gasteiger partial charge in [0, 0.05) is 28.1 Å². The number of nitrogens with one attached hydrogen (secondary N) is 1. The Morgan fingerprint density at radius 2 is 1.82 bits per heavy atom. The van der Waals surface area contributed by atoms with Crippen molar-refractivity contribution >= 4 is 33.9 Å². The van der Waals surface area contributed by atoms with Crippen LogP contribution in [0.1, 0.15) is 33.2 Å². The largest absolute Gasteiger partial charge is 0.493 e. The van der Waals surface area contributed by atoms with Gasteiger partial charge in [0.25, 0.3) is 11.6 Å². The van der Waals surface area contributed by atoms with E-state index in [9.17, 15) is 19.7 Å². The van der Waals surface area contributed by atoms with Gasteiger partial charge in [-0.3, -0.25) is 14.9 Å². The highest BCUT2D eigenvalue weighted by Gasteiger charge is 2.24. The molecule has 0 radical (unpaired) electrons. The molecule has 0 aliphatic carbocycles. The number of ether oxygens (including phenoxy) is 3. The summed E-state index contributed by atoms with van der Waals surface area (Å²) in [6.07, 6.45) is 0. The second-order valence-electron chi connectivity index (χ2n) is 6.86. The first-order chi connectivity index (χ1) is 15.8. The normalized spacial score (nSPS) is 10.4.